The second kappa shape index (κ2) is 4.76. The predicted molar refractivity (Wildman–Crippen MR) is 81.3 cm³/mol. The van der Waals surface area contributed by atoms with Gasteiger partial charge < -0.3 is 10.6 Å². The highest BCUT2D eigenvalue weighted by atomic mass is 32.2. The maximum absolute atomic E-state index is 11.5. The zero-order valence-corrected chi connectivity index (χ0v) is 12.4. The summed E-state index contributed by atoms with van der Waals surface area (Å²) in [6.07, 6.45) is 0.950. The number of thiophene rings is 1. The Morgan fingerprint density at radius 3 is 2.80 bits per heavy atom. The predicted octanol–water partition coefficient (Wildman–Crippen LogP) is 1.54. The zero-order chi connectivity index (χ0) is 14.3. The molecule has 1 aromatic carbocycles. The molecule has 5 nitrogen and oxygen atoms in total. The van der Waals surface area contributed by atoms with Crippen molar-refractivity contribution < 1.29 is 8.42 Å². The number of hydrogen-bond donors (Lipinski definition) is 2. The molecule has 1 aromatic heterocycles. The van der Waals surface area contributed by atoms with Crippen LogP contribution in [0.15, 0.2) is 34.5 Å². The van der Waals surface area contributed by atoms with Crippen LogP contribution in [0.5, 0.6) is 0 Å². The molecular formula is C13H15N3O2S2. The Balaban J connectivity index is 1.99. The Bertz CT molecular complexity index is 753. The van der Waals surface area contributed by atoms with Gasteiger partial charge in [-0.3, -0.25) is 0 Å². The Labute approximate surface area is 121 Å². The molecule has 0 radical (unpaired) electrons. The number of hydrogen-bond acceptors (Lipinski definition) is 5. The summed E-state index contributed by atoms with van der Waals surface area (Å²) in [5.41, 5.74) is 8.56. The minimum atomic E-state index is -3.71. The summed E-state index contributed by atoms with van der Waals surface area (Å²) in [6, 6.07) is 6.69. The minimum absolute atomic E-state index is 0.0952. The number of nitrogen functional groups attached to an aromatic ring is 1. The second-order valence-corrected chi connectivity index (χ2v) is 7.37. The average molecular weight is 309 g/mol. The van der Waals surface area contributed by atoms with Gasteiger partial charge >= 0.3 is 0 Å². The molecule has 106 valence electrons. The van der Waals surface area contributed by atoms with E-state index in [1.807, 2.05) is 0 Å². The van der Waals surface area contributed by atoms with Crippen LogP contribution in [0.1, 0.15) is 10.4 Å². The van der Waals surface area contributed by atoms with Crippen molar-refractivity contribution in [3.05, 3.63) is 40.1 Å². The van der Waals surface area contributed by atoms with Gasteiger partial charge in [-0.15, -0.1) is 11.3 Å². The van der Waals surface area contributed by atoms with Gasteiger partial charge in [0.05, 0.1) is 16.3 Å². The number of fused-ring (bicyclic) bond motifs is 1. The van der Waals surface area contributed by atoms with E-state index >= 15 is 0 Å². The highest BCUT2D eigenvalue weighted by Gasteiger charge is 2.20. The number of nitrogens with two attached hydrogens (primary N) is 2. The van der Waals surface area contributed by atoms with Gasteiger partial charge in [0, 0.05) is 18.0 Å². The molecule has 2 heterocycles. The summed E-state index contributed by atoms with van der Waals surface area (Å²) in [7, 11) is -3.71. The summed E-state index contributed by atoms with van der Waals surface area (Å²) >= 11 is 1.76. The Morgan fingerprint density at radius 2 is 2.05 bits per heavy atom. The van der Waals surface area contributed by atoms with Gasteiger partial charge in [0.2, 0.25) is 10.0 Å². The van der Waals surface area contributed by atoms with E-state index < -0.39 is 10.0 Å². The Morgan fingerprint density at radius 1 is 1.25 bits per heavy atom. The van der Waals surface area contributed by atoms with Crippen LogP contribution in [-0.4, -0.2) is 15.0 Å². The van der Waals surface area contributed by atoms with Gasteiger partial charge in [-0.1, -0.05) is 0 Å². The van der Waals surface area contributed by atoms with E-state index in [0.29, 0.717) is 5.69 Å². The fourth-order valence-corrected chi connectivity index (χ4v) is 3.85. The van der Waals surface area contributed by atoms with Crippen molar-refractivity contribution in [3.63, 3.8) is 0 Å². The van der Waals surface area contributed by atoms with Crippen molar-refractivity contribution >= 4 is 32.7 Å². The molecule has 0 aliphatic carbocycles. The molecule has 0 unspecified atom stereocenters. The van der Waals surface area contributed by atoms with Gasteiger partial charge in [0.25, 0.3) is 0 Å². The van der Waals surface area contributed by atoms with Crippen LogP contribution in [0.4, 0.5) is 11.4 Å². The summed E-state index contributed by atoms with van der Waals surface area (Å²) in [6.45, 7) is 1.57. The normalized spacial score (nSPS) is 15.2. The highest BCUT2D eigenvalue weighted by molar-refractivity contribution is 7.89. The van der Waals surface area contributed by atoms with E-state index in [4.69, 9.17) is 10.9 Å². The number of rotatable bonds is 2. The third-order valence-electron chi connectivity index (χ3n) is 3.48. The molecule has 0 atom stereocenters. The maximum Gasteiger partial charge on any atom is 0.238 e. The van der Waals surface area contributed by atoms with Gasteiger partial charge in [-0.2, -0.15) is 0 Å². The number of primary sulfonamides is 1. The van der Waals surface area contributed by atoms with E-state index in [2.05, 4.69) is 16.3 Å². The minimum Gasteiger partial charge on any atom is -0.397 e. The van der Waals surface area contributed by atoms with Crippen LogP contribution in [0.25, 0.3) is 0 Å². The number of sulfonamides is 1. The molecule has 0 saturated heterocycles. The Hall–Kier alpha value is -1.57. The van der Waals surface area contributed by atoms with Crippen LogP contribution in [-0.2, 0) is 23.0 Å². The lowest BCUT2D eigenvalue weighted by Crippen LogP contribution is -2.30. The fourth-order valence-electron chi connectivity index (χ4n) is 2.43. The van der Waals surface area contributed by atoms with Gasteiger partial charge in [-0.05, 0) is 41.6 Å². The first-order valence-corrected chi connectivity index (χ1v) is 8.60. The van der Waals surface area contributed by atoms with Crippen molar-refractivity contribution in [2.45, 2.75) is 17.9 Å². The van der Waals surface area contributed by atoms with Crippen LogP contribution in [0.2, 0.25) is 0 Å². The third-order valence-corrected chi connectivity index (χ3v) is 5.41. The maximum atomic E-state index is 11.5. The van der Waals surface area contributed by atoms with Gasteiger partial charge in [0.1, 0.15) is 0 Å². The van der Waals surface area contributed by atoms with Gasteiger partial charge in [-0.25, -0.2) is 13.6 Å². The van der Waals surface area contributed by atoms with Crippen LogP contribution < -0.4 is 15.8 Å². The number of nitrogens with zero attached hydrogens (tertiary/aromatic N) is 1. The first kappa shape index (κ1) is 13.4. The first-order valence-electron chi connectivity index (χ1n) is 6.17. The van der Waals surface area contributed by atoms with Crippen molar-refractivity contribution in [3.8, 4) is 0 Å². The number of anilines is 2. The third kappa shape index (κ3) is 2.39. The van der Waals surface area contributed by atoms with E-state index in [-0.39, 0.29) is 4.90 Å². The van der Waals surface area contributed by atoms with Crippen molar-refractivity contribution in [2.24, 2.45) is 5.14 Å². The van der Waals surface area contributed by atoms with E-state index in [9.17, 15) is 8.42 Å². The molecule has 1 aliphatic rings. The molecular weight excluding hydrogens is 294 g/mol. The largest absolute Gasteiger partial charge is 0.397 e. The summed E-state index contributed by atoms with van der Waals surface area (Å²) in [4.78, 5) is 3.58. The van der Waals surface area contributed by atoms with E-state index in [1.54, 1.807) is 23.5 Å². The standard InChI is InChI=1S/C13H15N3O2S2/c14-11-2-1-10(20(15,17)18)7-12(11)16-5-3-13-9(8-16)4-6-19-13/h1-2,4,6-7H,3,5,8,14H2,(H2,15,17,18). The molecule has 0 bridgehead atoms. The first-order chi connectivity index (χ1) is 9.45. The summed E-state index contributed by atoms with van der Waals surface area (Å²) in [5.74, 6) is 0. The van der Waals surface area contributed by atoms with Crippen molar-refractivity contribution in [2.75, 3.05) is 17.2 Å². The Kier molecular flexibility index (Phi) is 3.19. The topological polar surface area (TPSA) is 89.4 Å². The molecule has 0 amide bonds. The molecule has 0 spiro atoms. The highest BCUT2D eigenvalue weighted by Crippen LogP contribution is 2.32. The number of benzene rings is 1. The lowest BCUT2D eigenvalue weighted by Gasteiger charge is -2.30. The lowest BCUT2D eigenvalue weighted by atomic mass is 10.1. The molecule has 0 saturated carbocycles. The van der Waals surface area contributed by atoms with Crippen LogP contribution in [0, 0.1) is 0 Å². The molecule has 1 aliphatic heterocycles. The van der Waals surface area contributed by atoms with Crippen molar-refractivity contribution in [1.82, 2.24) is 0 Å². The molecule has 4 N–H and O–H groups in total. The molecule has 3 rings (SSSR count). The quantitative estimate of drug-likeness (QED) is 0.824. The van der Waals surface area contributed by atoms with Crippen molar-refractivity contribution in [1.29, 1.82) is 0 Å². The zero-order valence-electron chi connectivity index (χ0n) is 10.7. The summed E-state index contributed by atoms with van der Waals surface area (Å²) in [5, 5.41) is 7.26. The molecule has 7 heteroatoms. The SMILES string of the molecule is Nc1ccc(S(N)(=O)=O)cc1N1CCc2sccc2C1. The lowest BCUT2D eigenvalue weighted by molar-refractivity contribution is 0.597. The molecule has 0 fully saturated rings. The van der Waals surface area contributed by atoms with Gasteiger partial charge in [0.15, 0.2) is 0 Å². The molecule has 2 aromatic rings. The van der Waals surface area contributed by atoms with E-state index in [1.165, 1.54) is 16.5 Å². The second-order valence-electron chi connectivity index (χ2n) is 4.81. The smallest absolute Gasteiger partial charge is 0.238 e. The fraction of sp³-hybridized carbons (Fsp3) is 0.231. The monoisotopic (exact) mass is 309 g/mol. The van der Waals surface area contributed by atoms with Crippen LogP contribution >= 0.6 is 11.3 Å². The average Bonchev–Trinajstić information content (AvgIpc) is 2.85. The summed E-state index contributed by atoms with van der Waals surface area (Å²) < 4.78 is 22.9. The van der Waals surface area contributed by atoms with Crippen LogP contribution in [0.3, 0.4) is 0 Å². The van der Waals surface area contributed by atoms with E-state index in [0.717, 1.165) is 25.2 Å². The molecule has 20 heavy (non-hydrogen) atoms.